The van der Waals surface area contributed by atoms with Crippen LogP contribution in [0.2, 0.25) is 0 Å². The maximum atomic E-state index is 13.2. The molecule has 4 aromatic rings. The summed E-state index contributed by atoms with van der Waals surface area (Å²) in [5, 5.41) is 14.5. The minimum Gasteiger partial charge on any atom is -0.481 e. The molecule has 160 valence electrons. The van der Waals surface area contributed by atoms with Gasteiger partial charge in [-0.15, -0.1) is 11.3 Å². The van der Waals surface area contributed by atoms with E-state index in [4.69, 9.17) is 0 Å². The van der Waals surface area contributed by atoms with Crippen molar-refractivity contribution in [1.82, 2.24) is 10.3 Å². The van der Waals surface area contributed by atoms with Crippen LogP contribution < -0.4 is 5.32 Å². The van der Waals surface area contributed by atoms with Gasteiger partial charge in [0.25, 0.3) is 5.91 Å². The summed E-state index contributed by atoms with van der Waals surface area (Å²) < 4.78 is 13.2. The Balaban J connectivity index is 1.52. The molecule has 0 aliphatic rings. The molecule has 0 radical (unpaired) electrons. The summed E-state index contributed by atoms with van der Waals surface area (Å²) in [6.45, 7) is 0. The molecule has 1 aromatic heterocycles. The third-order valence-corrected chi connectivity index (χ3v) is 5.82. The zero-order valence-corrected chi connectivity index (χ0v) is 17.7. The lowest BCUT2D eigenvalue weighted by atomic mass is 9.99. The number of halogens is 1. The van der Waals surface area contributed by atoms with E-state index in [1.165, 1.54) is 23.5 Å². The fourth-order valence-electron chi connectivity index (χ4n) is 3.30. The molecule has 3 aromatic carbocycles. The topological polar surface area (TPSA) is 79.3 Å². The van der Waals surface area contributed by atoms with Gasteiger partial charge in [0.05, 0.1) is 12.5 Å². The van der Waals surface area contributed by atoms with Gasteiger partial charge in [0.1, 0.15) is 16.5 Å². The van der Waals surface area contributed by atoms with Crippen LogP contribution in [0.5, 0.6) is 0 Å². The number of carboxylic acid groups (broad SMARTS) is 1. The van der Waals surface area contributed by atoms with E-state index in [2.05, 4.69) is 10.3 Å². The van der Waals surface area contributed by atoms with Gasteiger partial charge in [-0.2, -0.15) is 0 Å². The second kappa shape index (κ2) is 9.53. The predicted octanol–water partition coefficient (Wildman–Crippen LogP) is 5.56. The summed E-state index contributed by atoms with van der Waals surface area (Å²) in [6.07, 6.45) is -0.267. The van der Waals surface area contributed by atoms with Crippen molar-refractivity contribution in [3.63, 3.8) is 0 Å². The van der Waals surface area contributed by atoms with Crippen molar-refractivity contribution >= 4 is 23.2 Å². The number of aromatic nitrogens is 1. The molecule has 1 atom stereocenters. The number of benzene rings is 3. The predicted molar refractivity (Wildman–Crippen MR) is 122 cm³/mol. The Morgan fingerprint density at radius 3 is 2.16 bits per heavy atom. The number of hydrogen-bond donors (Lipinski definition) is 2. The zero-order valence-electron chi connectivity index (χ0n) is 16.9. The van der Waals surface area contributed by atoms with Crippen molar-refractivity contribution in [2.45, 2.75) is 12.5 Å². The summed E-state index contributed by atoms with van der Waals surface area (Å²) >= 11 is 1.35. The first-order valence-electron chi connectivity index (χ1n) is 9.89. The number of carbonyl (C=O) groups is 2. The number of carboxylic acids is 1. The number of aliphatic carboxylic acids is 1. The Kier molecular flexibility index (Phi) is 6.37. The standard InChI is InChI=1S/C25H19FN2O3S/c26-20-12-10-17(11-13-20)16-6-8-18(9-7-16)21(14-23(29)30)27-24(31)22-15-32-25(28-22)19-4-2-1-3-5-19/h1-13,15,21H,14H2,(H,27,31)(H,29,30). The molecular weight excluding hydrogens is 427 g/mol. The molecule has 0 fully saturated rings. The Morgan fingerprint density at radius 2 is 1.53 bits per heavy atom. The Hall–Kier alpha value is -3.84. The second-order valence-electron chi connectivity index (χ2n) is 7.16. The van der Waals surface area contributed by atoms with Crippen LogP contribution in [-0.2, 0) is 4.79 Å². The van der Waals surface area contributed by atoms with Gasteiger partial charge >= 0.3 is 5.97 Å². The van der Waals surface area contributed by atoms with Gasteiger partial charge in [0.15, 0.2) is 0 Å². The number of thiazole rings is 1. The molecule has 2 N–H and O–H groups in total. The second-order valence-corrected chi connectivity index (χ2v) is 8.01. The van der Waals surface area contributed by atoms with Crippen molar-refractivity contribution < 1.29 is 19.1 Å². The lowest BCUT2D eigenvalue weighted by molar-refractivity contribution is -0.137. The number of hydrogen-bond acceptors (Lipinski definition) is 4. The number of carbonyl (C=O) groups excluding carboxylic acids is 1. The maximum absolute atomic E-state index is 13.2. The molecule has 0 saturated carbocycles. The molecule has 0 saturated heterocycles. The molecule has 1 heterocycles. The van der Waals surface area contributed by atoms with Crippen LogP contribution >= 0.6 is 11.3 Å². The molecule has 0 bridgehead atoms. The number of nitrogens with one attached hydrogen (secondary N) is 1. The molecule has 0 aliphatic carbocycles. The smallest absolute Gasteiger partial charge is 0.305 e. The lowest BCUT2D eigenvalue weighted by Gasteiger charge is -2.17. The van der Waals surface area contributed by atoms with Crippen molar-refractivity contribution in [3.05, 3.63) is 101 Å². The zero-order chi connectivity index (χ0) is 22.5. The third kappa shape index (κ3) is 5.07. The van der Waals surface area contributed by atoms with E-state index >= 15 is 0 Å². The molecule has 1 amide bonds. The van der Waals surface area contributed by atoms with E-state index in [0.717, 1.165) is 16.7 Å². The van der Waals surface area contributed by atoms with Crippen molar-refractivity contribution in [2.24, 2.45) is 0 Å². The first kappa shape index (κ1) is 21.4. The van der Waals surface area contributed by atoms with Crippen LogP contribution in [-0.4, -0.2) is 22.0 Å². The molecular formula is C25H19FN2O3S. The first-order chi connectivity index (χ1) is 15.5. The van der Waals surface area contributed by atoms with Gasteiger partial charge in [-0.05, 0) is 28.8 Å². The van der Waals surface area contributed by atoms with Crippen LogP contribution in [0.4, 0.5) is 4.39 Å². The Bertz CT molecular complexity index is 1220. The van der Waals surface area contributed by atoms with Crippen LogP contribution in [0, 0.1) is 5.82 Å². The molecule has 7 heteroatoms. The lowest BCUT2D eigenvalue weighted by Crippen LogP contribution is -2.30. The number of amides is 1. The van der Waals surface area contributed by atoms with E-state index in [9.17, 15) is 19.1 Å². The Labute approximate surface area is 188 Å². The van der Waals surface area contributed by atoms with E-state index < -0.39 is 17.9 Å². The SMILES string of the molecule is O=C(O)CC(NC(=O)c1csc(-c2ccccc2)n1)c1ccc(-c2ccc(F)cc2)cc1. The highest BCUT2D eigenvalue weighted by Crippen LogP contribution is 2.26. The normalized spacial score (nSPS) is 11.7. The van der Waals surface area contributed by atoms with Crippen LogP contribution in [0.3, 0.4) is 0 Å². The maximum Gasteiger partial charge on any atom is 0.305 e. The van der Waals surface area contributed by atoms with E-state index in [0.29, 0.717) is 10.6 Å². The molecule has 5 nitrogen and oxygen atoms in total. The Morgan fingerprint density at radius 1 is 0.906 bits per heavy atom. The molecule has 4 rings (SSSR count). The van der Waals surface area contributed by atoms with E-state index in [1.807, 2.05) is 42.5 Å². The molecule has 0 spiro atoms. The highest BCUT2D eigenvalue weighted by molar-refractivity contribution is 7.13. The van der Waals surface area contributed by atoms with Crippen molar-refractivity contribution in [3.8, 4) is 21.7 Å². The average molecular weight is 447 g/mol. The summed E-state index contributed by atoms with van der Waals surface area (Å²) in [4.78, 5) is 28.6. The fourth-order valence-corrected chi connectivity index (χ4v) is 4.11. The number of nitrogens with zero attached hydrogens (tertiary/aromatic N) is 1. The van der Waals surface area contributed by atoms with Gasteiger partial charge in [-0.3, -0.25) is 9.59 Å². The highest BCUT2D eigenvalue weighted by atomic mass is 32.1. The van der Waals surface area contributed by atoms with Gasteiger partial charge in [0, 0.05) is 10.9 Å². The van der Waals surface area contributed by atoms with E-state index in [-0.39, 0.29) is 17.9 Å². The molecule has 0 aliphatic heterocycles. The largest absolute Gasteiger partial charge is 0.481 e. The minimum absolute atomic E-state index is 0.243. The van der Waals surface area contributed by atoms with Gasteiger partial charge in [0.2, 0.25) is 0 Å². The summed E-state index contributed by atoms with van der Waals surface area (Å²) in [5.74, 6) is -1.77. The third-order valence-electron chi connectivity index (χ3n) is 4.93. The van der Waals surface area contributed by atoms with Gasteiger partial charge < -0.3 is 10.4 Å². The van der Waals surface area contributed by atoms with Crippen molar-refractivity contribution in [1.29, 1.82) is 0 Å². The van der Waals surface area contributed by atoms with Crippen LogP contribution in [0.15, 0.2) is 84.2 Å². The summed E-state index contributed by atoms with van der Waals surface area (Å²) in [6, 6.07) is 22.1. The summed E-state index contributed by atoms with van der Waals surface area (Å²) in [5.41, 5.74) is 3.51. The minimum atomic E-state index is -1.03. The fraction of sp³-hybridized carbons (Fsp3) is 0.0800. The van der Waals surface area contributed by atoms with E-state index in [1.54, 1.807) is 29.6 Å². The van der Waals surface area contributed by atoms with Crippen molar-refractivity contribution in [2.75, 3.05) is 0 Å². The van der Waals surface area contributed by atoms with Gasteiger partial charge in [-0.1, -0.05) is 66.7 Å². The first-order valence-corrected chi connectivity index (χ1v) is 10.8. The highest BCUT2D eigenvalue weighted by Gasteiger charge is 2.21. The van der Waals surface area contributed by atoms with Crippen LogP contribution in [0.25, 0.3) is 21.7 Å². The summed E-state index contributed by atoms with van der Waals surface area (Å²) in [7, 11) is 0. The number of rotatable bonds is 7. The molecule has 32 heavy (non-hydrogen) atoms. The monoisotopic (exact) mass is 446 g/mol. The average Bonchev–Trinajstić information content (AvgIpc) is 3.30. The van der Waals surface area contributed by atoms with Crippen LogP contribution in [0.1, 0.15) is 28.5 Å². The molecule has 1 unspecified atom stereocenters. The quantitative estimate of drug-likeness (QED) is 0.389. The van der Waals surface area contributed by atoms with Gasteiger partial charge in [-0.25, -0.2) is 9.37 Å².